The number of amides is 1. The minimum absolute atomic E-state index is 0. The first kappa shape index (κ1) is 17.6. The second-order valence-corrected chi connectivity index (χ2v) is 5.95. The van der Waals surface area contributed by atoms with Gasteiger partial charge in [0.25, 0.3) is 5.91 Å². The summed E-state index contributed by atoms with van der Waals surface area (Å²) in [5.41, 5.74) is 0.541. The van der Waals surface area contributed by atoms with Crippen molar-refractivity contribution in [1.29, 1.82) is 0 Å². The number of benzene rings is 1. The van der Waals surface area contributed by atoms with Gasteiger partial charge in [-0.3, -0.25) is 4.79 Å². The molecule has 0 bridgehead atoms. The van der Waals surface area contributed by atoms with E-state index in [1.807, 2.05) is 0 Å². The molecule has 112 valence electrons. The van der Waals surface area contributed by atoms with Crippen molar-refractivity contribution in [2.45, 2.75) is 32.4 Å². The monoisotopic (exact) mass is 336 g/mol. The topological polar surface area (TPSA) is 41.1 Å². The lowest BCUT2D eigenvalue weighted by Crippen LogP contribution is -2.55. The smallest absolute Gasteiger partial charge is 0.251 e. The fraction of sp³-hybridized carbons (Fsp3) is 0.500. The van der Waals surface area contributed by atoms with E-state index in [0.717, 1.165) is 13.0 Å². The zero-order chi connectivity index (χ0) is 14.0. The number of nitrogens with one attached hydrogen (secondary N) is 2. The highest BCUT2D eigenvalue weighted by Crippen LogP contribution is 2.23. The van der Waals surface area contributed by atoms with E-state index in [1.54, 1.807) is 18.2 Å². The largest absolute Gasteiger partial charge is 0.347 e. The predicted octanol–water partition coefficient (Wildman–Crippen LogP) is 3.53. The molecule has 1 heterocycles. The lowest BCUT2D eigenvalue weighted by molar-refractivity contribution is 0.0897. The van der Waals surface area contributed by atoms with Crippen LogP contribution in [0.3, 0.4) is 0 Å². The van der Waals surface area contributed by atoms with Gasteiger partial charge in [0.2, 0.25) is 0 Å². The highest BCUT2D eigenvalue weighted by molar-refractivity contribution is 6.42. The van der Waals surface area contributed by atoms with Crippen molar-refractivity contribution in [2.24, 2.45) is 5.92 Å². The molecule has 0 saturated carbocycles. The molecule has 1 aromatic rings. The Kier molecular flexibility index (Phi) is 6.59. The Balaban J connectivity index is 0.00000200. The standard InChI is InChI=1S/C14H18Cl2N2O.ClH/c1-8-5-6-17-9(2)13(8)18-14(19)10-3-4-11(15)12(16)7-10;/h3-4,7-9,13,17H,5-6H2,1-2H3,(H,18,19);1H. The summed E-state index contributed by atoms with van der Waals surface area (Å²) in [5.74, 6) is 0.355. The number of carbonyl (C=O) groups is 1. The van der Waals surface area contributed by atoms with Gasteiger partial charge >= 0.3 is 0 Å². The SMILES string of the molecule is CC1CCNC(C)C1NC(=O)c1ccc(Cl)c(Cl)c1.Cl. The maximum absolute atomic E-state index is 12.2. The highest BCUT2D eigenvalue weighted by atomic mass is 35.5. The van der Waals surface area contributed by atoms with E-state index in [2.05, 4.69) is 24.5 Å². The van der Waals surface area contributed by atoms with Gasteiger partial charge in [-0.2, -0.15) is 0 Å². The van der Waals surface area contributed by atoms with E-state index >= 15 is 0 Å². The molecule has 0 aliphatic carbocycles. The van der Waals surface area contributed by atoms with E-state index in [-0.39, 0.29) is 30.4 Å². The number of piperidine rings is 1. The molecule has 3 atom stereocenters. The van der Waals surface area contributed by atoms with Gasteiger partial charge in [-0.25, -0.2) is 0 Å². The molecule has 1 saturated heterocycles. The van der Waals surface area contributed by atoms with Crippen LogP contribution in [0, 0.1) is 5.92 Å². The highest BCUT2D eigenvalue weighted by Gasteiger charge is 2.28. The Hall–Kier alpha value is -0.480. The molecule has 1 amide bonds. The number of halogens is 3. The predicted molar refractivity (Wildman–Crippen MR) is 86.2 cm³/mol. The molecule has 20 heavy (non-hydrogen) atoms. The molecule has 0 spiro atoms. The van der Waals surface area contributed by atoms with Crippen LogP contribution in [0.5, 0.6) is 0 Å². The summed E-state index contributed by atoms with van der Waals surface area (Å²) >= 11 is 11.8. The first-order chi connectivity index (χ1) is 8.99. The Bertz CT molecular complexity index is 471. The summed E-state index contributed by atoms with van der Waals surface area (Å²) in [5, 5.41) is 7.31. The third-order valence-electron chi connectivity index (χ3n) is 3.70. The third-order valence-corrected chi connectivity index (χ3v) is 4.44. The summed E-state index contributed by atoms with van der Waals surface area (Å²) in [6.07, 6.45) is 1.07. The average molecular weight is 338 g/mol. The van der Waals surface area contributed by atoms with Gasteiger partial charge < -0.3 is 10.6 Å². The second-order valence-electron chi connectivity index (χ2n) is 5.14. The van der Waals surface area contributed by atoms with Crippen LogP contribution in [-0.4, -0.2) is 24.5 Å². The first-order valence-electron chi connectivity index (χ1n) is 6.48. The van der Waals surface area contributed by atoms with Crippen molar-refractivity contribution in [2.75, 3.05) is 6.54 Å². The quantitative estimate of drug-likeness (QED) is 0.867. The molecule has 1 aromatic carbocycles. The van der Waals surface area contributed by atoms with E-state index in [0.29, 0.717) is 21.5 Å². The van der Waals surface area contributed by atoms with E-state index in [1.165, 1.54) is 0 Å². The minimum atomic E-state index is -0.106. The number of hydrogen-bond acceptors (Lipinski definition) is 2. The fourth-order valence-corrected chi connectivity index (χ4v) is 2.78. The maximum atomic E-state index is 12.2. The Morgan fingerprint density at radius 2 is 2.00 bits per heavy atom. The summed E-state index contributed by atoms with van der Waals surface area (Å²) in [7, 11) is 0. The Morgan fingerprint density at radius 1 is 1.30 bits per heavy atom. The van der Waals surface area contributed by atoms with Gasteiger partial charge in [-0.05, 0) is 44.0 Å². The minimum Gasteiger partial charge on any atom is -0.347 e. The number of rotatable bonds is 2. The van der Waals surface area contributed by atoms with Crippen LogP contribution in [0.2, 0.25) is 10.0 Å². The van der Waals surface area contributed by atoms with E-state index in [4.69, 9.17) is 23.2 Å². The second kappa shape index (κ2) is 7.51. The molecule has 1 fully saturated rings. The lowest BCUT2D eigenvalue weighted by atomic mass is 9.89. The molecule has 6 heteroatoms. The molecule has 2 rings (SSSR count). The third kappa shape index (κ3) is 4.01. The zero-order valence-electron chi connectivity index (χ0n) is 11.5. The van der Waals surface area contributed by atoms with Gasteiger partial charge in [0.05, 0.1) is 10.0 Å². The van der Waals surface area contributed by atoms with Gasteiger partial charge in [-0.1, -0.05) is 30.1 Å². The number of carbonyl (C=O) groups excluding carboxylic acids is 1. The normalized spacial score (nSPS) is 25.7. The van der Waals surface area contributed by atoms with Crippen LogP contribution >= 0.6 is 35.6 Å². The van der Waals surface area contributed by atoms with Gasteiger partial charge in [0.1, 0.15) is 0 Å². The van der Waals surface area contributed by atoms with Crippen molar-refractivity contribution >= 4 is 41.5 Å². The van der Waals surface area contributed by atoms with Crippen molar-refractivity contribution in [3.8, 4) is 0 Å². The molecular weight excluding hydrogens is 319 g/mol. The van der Waals surface area contributed by atoms with Crippen LogP contribution in [0.25, 0.3) is 0 Å². The Morgan fingerprint density at radius 3 is 2.60 bits per heavy atom. The molecule has 2 N–H and O–H groups in total. The maximum Gasteiger partial charge on any atom is 0.251 e. The van der Waals surface area contributed by atoms with E-state index in [9.17, 15) is 4.79 Å². The van der Waals surface area contributed by atoms with Crippen molar-refractivity contribution in [3.63, 3.8) is 0 Å². The van der Waals surface area contributed by atoms with Crippen LogP contribution < -0.4 is 10.6 Å². The molecule has 3 unspecified atom stereocenters. The summed E-state index contributed by atoms with van der Waals surface area (Å²) in [6.45, 7) is 5.26. The van der Waals surface area contributed by atoms with Crippen molar-refractivity contribution in [3.05, 3.63) is 33.8 Å². The molecule has 3 nitrogen and oxygen atoms in total. The van der Waals surface area contributed by atoms with Crippen LogP contribution in [0.1, 0.15) is 30.6 Å². The van der Waals surface area contributed by atoms with Crippen molar-refractivity contribution < 1.29 is 4.79 Å². The summed E-state index contributed by atoms with van der Waals surface area (Å²) < 4.78 is 0. The summed E-state index contributed by atoms with van der Waals surface area (Å²) in [6, 6.07) is 5.34. The molecule has 1 aliphatic heterocycles. The van der Waals surface area contributed by atoms with Crippen molar-refractivity contribution in [1.82, 2.24) is 10.6 Å². The molecule has 0 aromatic heterocycles. The van der Waals surface area contributed by atoms with Gasteiger partial charge in [0.15, 0.2) is 0 Å². The summed E-state index contributed by atoms with van der Waals surface area (Å²) in [4.78, 5) is 12.2. The Labute approximate surface area is 135 Å². The van der Waals surface area contributed by atoms with Gasteiger partial charge in [0, 0.05) is 17.6 Å². The fourth-order valence-electron chi connectivity index (χ4n) is 2.48. The molecule has 0 radical (unpaired) electrons. The number of hydrogen-bond donors (Lipinski definition) is 2. The first-order valence-corrected chi connectivity index (χ1v) is 7.24. The zero-order valence-corrected chi connectivity index (χ0v) is 13.8. The van der Waals surface area contributed by atoms with Crippen LogP contribution in [0.15, 0.2) is 18.2 Å². The van der Waals surface area contributed by atoms with Crippen LogP contribution in [0.4, 0.5) is 0 Å². The lowest BCUT2D eigenvalue weighted by Gasteiger charge is -2.36. The average Bonchev–Trinajstić information content (AvgIpc) is 2.37. The molecule has 1 aliphatic rings. The molecular formula is C14H19Cl3N2O. The van der Waals surface area contributed by atoms with E-state index < -0.39 is 0 Å². The van der Waals surface area contributed by atoms with Crippen LogP contribution in [-0.2, 0) is 0 Å². The van der Waals surface area contributed by atoms with Gasteiger partial charge in [-0.15, -0.1) is 12.4 Å².